The number of nitrogens with one attached hydrogen (secondary N) is 1. The van der Waals surface area contributed by atoms with E-state index in [1.807, 2.05) is 0 Å². The maximum absolute atomic E-state index is 3.73. The van der Waals surface area contributed by atoms with Crippen LogP contribution in [0.15, 0.2) is 0 Å². The van der Waals surface area contributed by atoms with E-state index in [1.165, 1.54) is 103 Å². The molecule has 2 rings (SSSR count). The van der Waals surface area contributed by atoms with Crippen molar-refractivity contribution in [2.75, 3.05) is 13.1 Å². The van der Waals surface area contributed by atoms with Crippen molar-refractivity contribution in [3.05, 3.63) is 0 Å². The van der Waals surface area contributed by atoms with E-state index in [0.29, 0.717) is 0 Å². The highest BCUT2D eigenvalue weighted by atomic mass is 14.9. The van der Waals surface area contributed by atoms with Crippen LogP contribution in [0, 0.1) is 11.3 Å². The zero-order valence-corrected chi connectivity index (χ0v) is 13.9. The molecule has 0 saturated heterocycles. The van der Waals surface area contributed by atoms with Crippen molar-refractivity contribution in [3.63, 3.8) is 0 Å². The van der Waals surface area contributed by atoms with Crippen LogP contribution in [-0.4, -0.2) is 13.1 Å². The van der Waals surface area contributed by atoms with Crippen LogP contribution in [0.3, 0.4) is 0 Å². The van der Waals surface area contributed by atoms with Gasteiger partial charge in [0.05, 0.1) is 0 Å². The molecule has 1 nitrogen and oxygen atoms in total. The molecule has 0 heterocycles. The predicted molar refractivity (Wildman–Crippen MR) is 89.1 cm³/mol. The Morgan fingerprint density at radius 2 is 1.35 bits per heavy atom. The zero-order valence-electron chi connectivity index (χ0n) is 13.9. The fraction of sp³-hybridized carbons (Fsp3) is 1.00. The summed E-state index contributed by atoms with van der Waals surface area (Å²) < 4.78 is 0. The molecular formula is C19H37N. The molecule has 0 amide bonds. The molecular weight excluding hydrogens is 242 g/mol. The summed E-state index contributed by atoms with van der Waals surface area (Å²) in [5.74, 6) is 1.11. The SMILES string of the molecule is CCCCCCCCCCCCNCC1(C2CC2)CC1. The Morgan fingerprint density at radius 1 is 0.800 bits per heavy atom. The van der Waals surface area contributed by atoms with Crippen molar-refractivity contribution in [1.29, 1.82) is 0 Å². The van der Waals surface area contributed by atoms with Gasteiger partial charge >= 0.3 is 0 Å². The molecule has 118 valence electrons. The van der Waals surface area contributed by atoms with E-state index in [0.717, 1.165) is 11.3 Å². The van der Waals surface area contributed by atoms with Gasteiger partial charge in [0.1, 0.15) is 0 Å². The number of unbranched alkanes of at least 4 members (excludes halogenated alkanes) is 9. The summed E-state index contributed by atoms with van der Waals surface area (Å²) in [6.45, 7) is 4.89. The van der Waals surface area contributed by atoms with Gasteiger partial charge in [-0.05, 0) is 50.0 Å². The van der Waals surface area contributed by atoms with Gasteiger partial charge in [0.25, 0.3) is 0 Å². The standard InChI is InChI=1S/C19H37N/c1-2-3-4-5-6-7-8-9-10-11-16-20-17-19(14-15-19)18-12-13-18/h18,20H,2-17H2,1H3. The van der Waals surface area contributed by atoms with Gasteiger partial charge in [-0.1, -0.05) is 64.7 Å². The van der Waals surface area contributed by atoms with Crippen LogP contribution >= 0.6 is 0 Å². The van der Waals surface area contributed by atoms with E-state index in [1.54, 1.807) is 0 Å². The Balaban J connectivity index is 1.27. The summed E-state index contributed by atoms with van der Waals surface area (Å²) in [6, 6.07) is 0. The first-order valence-electron chi connectivity index (χ1n) is 9.58. The third-order valence-corrected chi connectivity index (χ3v) is 5.52. The van der Waals surface area contributed by atoms with Crippen molar-refractivity contribution >= 4 is 0 Å². The Bertz CT molecular complexity index is 240. The van der Waals surface area contributed by atoms with Crippen LogP contribution in [0.1, 0.15) is 96.8 Å². The zero-order chi connectivity index (χ0) is 14.1. The molecule has 0 aromatic carbocycles. The largest absolute Gasteiger partial charge is 0.316 e. The van der Waals surface area contributed by atoms with E-state index in [4.69, 9.17) is 0 Å². The normalized spacial score (nSPS) is 20.2. The predicted octanol–water partition coefficient (Wildman–Crippen LogP) is 5.69. The average molecular weight is 280 g/mol. The highest BCUT2D eigenvalue weighted by Gasteiger charge is 2.52. The Morgan fingerprint density at radius 3 is 1.85 bits per heavy atom. The number of hydrogen-bond acceptors (Lipinski definition) is 1. The summed E-state index contributed by atoms with van der Waals surface area (Å²) in [6.07, 6.45) is 20.6. The summed E-state index contributed by atoms with van der Waals surface area (Å²) in [5, 5.41) is 3.73. The summed E-state index contributed by atoms with van der Waals surface area (Å²) >= 11 is 0. The van der Waals surface area contributed by atoms with E-state index in [-0.39, 0.29) is 0 Å². The van der Waals surface area contributed by atoms with Crippen LogP contribution in [-0.2, 0) is 0 Å². The molecule has 2 aliphatic carbocycles. The number of hydrogen-bond donors (Lipinski definition) is 1. The molecule has 1 heteroatoms. The first kappa shape index (κ1) is 16.3. The fourth-order valence-corrected chi connectivity index (χ4v) is 3.66. The molecule has 0 radical (unpaired) electrons. The van der Waals surface area contributed by atoms with Crippen LogP contribution in [0.4, 0.5) is 0 Å². The fourth-order valence-electron chi connectivity index (χ4n) is 3.66. The molecule has 0 aliphatic heterocycles. The maximum Gasteiger partial charge on any atom is 0.00105 e. The van der Waals surface area contributed by atoms with Gasteiger partial charge in [0.2, 0.25) is 0 Å². The van der Waals surface area contributed by atoms with Crippen molar-refractivity contribution in [2.24, 2.45) is 11.3 Å². The summed E-state index contributed by atoms with van der Waals surface area (Å²) in [4.78, 5) is 0. The van der Waals surface area contributed by atoms with Crippen LogP contribution in [0.25, 0.3) is 0 Å². The third kappa shape index (κ3) is 6.16. The van der Waals surface area contributed by atoms with Gasteiger partial charge in [-0.2, -0.15) is 0 Å². The minimum absolute atomic E-state index is 0.790. The summed E-state index contributed by atoms with van der Waals surface area (Å²) in [7, 11) is 0. The van der Waals surface area contributed by atoms with Crippen molar-refractivity contribution in [3.8, 4) is 0 Å². The molecule has 0 atom stereocenters. The molecule has 1 N–H and O–H groups in total. The monoisotopic (exact) mass is 279 g/mol. The molecule has 2 saturated carbocycles. The van der Waals surface area contributed by atoms with Gasteiger partial charge in [0.15, 0.2) is 0 Å². The highest BCUT2D eigenvalue weighted by Crippen LogP contribution is 2.60. The van der Waals surface area contributed by atoms with Crippen molar-refractivity contribution < 1.29 is 0 Å². The lowest BCUT2D eigenvalue weighted by atomic mass is 10.0. The summed E-state index contributed by atoms with van der Waals surface area (Å²) in [5.41, 5.74) is 0.790. The first-order chi connectivity index (χ1) is 9.87. The molecule has 0 spiro atoms. The lowest BCUT2D eigenvalue weighted by Gasteiger charge is -2.14. The van der Waals surface area contributed by atoms with Gasteiger partial charge in [-0.15, -0.1) is 0 Å². The van der Waals surface area contributed by atoms with Crippen LogP contribution in [0.5, 0.6) is 0 Å². The van der Waals surface area contributed by atoms with E-state index >= 15 is 0 Å². The second-order valence-corrected chi connectivity index (χ2v) is 7.50. The van der Waals surface area contributed by atoms with Crippen molar-refractivity contribution in [2.45, 2.75) is 96.8 Å². The average Bonchev–Trinajstić information content (AvgIpc) is 3.32. The van der Waals surface area contributed by atoms with Gasteiger partial charge in [-0.25, -0.2) is 0 Å². The quantitative estimate of drug-likeness (QED) is 0.403. The van der Waals surface area contributed by atoms with Crippen LogP contribution in [0.2, 0.25) is 0 Å². The number of rotatable bonds is 14. The molecule has 2 aliphatic rings. The van der Waals surface area contributed by atoms with Crippen molar-refractivity contribution in [1.82, 2.24) is 5.32 Å². The molecule has 20 heavy (non-hydrogen) atoms. The minimum Gasteiger partial charge on any atom is -0.316 e. The van der Waals surface area contributed by atoms with Gasteiger partial charge < -0.3 is 5.32 Å². The van der Waals surface area contributed by atoms with E-state index in [9.17, 15) is 0 Å². The van der Waals surface area contributed by atoms with Crippen LogP contribution < -0.4 is 5.32 Å². The lowest BCUT2D eigenvalue weighted by Crippen LogP contribution is -2.26. The van der Waals surface area contributed by atoms with E-state index < -0.39 is 0 Å². The molecule has 0 bridgehead atoms. The third-order valence-electron chi connectivity index (χ3n) is 5.52. The second kappa shape index (κ2) is 9.07. The Kier molecular flexibility index (Phi) is 7.41. The second-order valence-electron chi connectivity index (χ2n) is 7.50. The van der Waals surface area contributed by atoms with Gasteiger partial charge in [0, 0.05) is 6.54 Å². The minimum atomic E-state index is 0.790. The Labute approximate surface area is 127 Å². The van der Waals surface area contributed by atoms with Gasteiger partial charge in [-0.3, -0.25) is 0 Å². The molecule has 2 fully saturated rings. The first-order valence-corrected chi connectivity index (χ1v) is 9.58. The molecule has 0 aromatic rings. The molecule has 0 aromatic heterocycles. The topological polar surface area (TPSA) is 12.0 Å². The smallest absolute Gasteiger partial charge is 0.00105 e. The highest BCUT2D eigenvalue weighted by molar-refractivity contribution is 5.04. The molecule has 0 unspecified atom stereocenters. The Hall–Kier alpha value is -0.0400. The van der Waals surface area contributed by atoms with E-state index in [2.05, 4.69) is 12.2 Å². The maximum atomic E-state index is 3.73. The lowest BCUT2D eigenvalue weighted by molar-refractivity contribution is 0.400.